The Morgan fingerprint density at radius 2 is 1.78 bits per heavy atom. The molecule has 0 aliphatic rings. The van der Waals surface area contributed by atoms with Crippen LogP contribution in [-0.4, -0.2) is 42.5 Å². The molecule has 0 bridgehead atoms. The average molecular weight is 389 g/mol. The summed E-state index contributed by atoms with van der Waals surface area (Å²) in [5.41, 5.74) is 0.478. The molecule has 0 aliphatic heterocycles. The molecular weight excluding hydrogens is 366 g/mol. The Bertz CT molecular complexity index is 763. The van der Waals surface area contributed by atoms with Gasteiger partial charge in [0.05, 0.1) is 19.3 Å². The van der Waals surface area contributed by atoms with Gasteiger partial charge in [0, 0.05) is 11.4 Å². The monoisotopic (exact) mass is 389 g/mol. The fourth-order valence-corrected chi connectivity index (χ4v) is 3.16. The first-order chi connectivity index (χ1) is 13.0. The van der Waals surface area contributed by atoms with Gasteiger partial charge in [-0.25, -0.2) is 0 Å². The van der Waals surface area contributed by atoms with Gasteiger partial charge in [-0.15, -0.1) is 11.8 Å². The lowest BCUT2D eigenvalue weighted by Gasteiger charge is -2.12. The van der Waals surface area contributed by atoms with E-state index in [1.54, 1.807) is 38.3 Å². The molecule has 0 spiro atoms. The van der Waals surface area contributed by atoms with E-state index in [4.69, 9.17) is 14.6 Å². The number of carbonyl (C=O) groups excluding carboxylic acids is 1. The first-order valence-corrected chi connectivity index (χ1v) is 9.42. The van der Waals surface area contributed by atoms with Gasteiger partial charge < -0.3 is 19.9 Å². The van der Waals surface area contributed by atoms with E-state index in [1.807, 2.05) is 24.3 Å². The molecule has 144 valence electrons. The Labute approximate surface area is 162 Å². The standard InChI is InChI=1S/C20H23NO5S/c1-14(20(23)24)27-18-7-4-3-6-17(18)19(22)21-12-5-13-26-16-10-8-15(25-2)9-11-16/h3-4,6-11,14H,5,12-13H2,1-2H3,(H,21,22)(H,23,24). The van der Waals surface area contributed by atoms with Crippen LogP contribution in [0.1, 0.15) is 23.7 Å². The Morgan fingerprint density at radius 1 is 1.11 bits per heavy atom. The summed E-state index contributed by atoms with van der Waals surface area (Å²) < 4.78 is 10.7. The van der Waals surface area contributed by atoms with E-state index in [1.165, 1.54) is 0 Å². The molecule has 0 radical (unpaired) electrons. The van der Waals surface area contributed by atoms with Gasteiger partial charge in [-0.1, -0.05) is 12.1 Å². The molecule has 1 atom stereocenters. The maximum absolute atomic E-state index is 12.4. The van der Waals surface area contributed by atoms with Gasteiger partial charge in [-0.3, -0.25) is 9.59 Å². The predicted octanol–water partition coefficient (Wildman–Crippen LogP) is 3.46. The summed E-state index contributed by atoms with van der Waals surface area (Å²) in [5, 5.41) is 11.3. The molecule has 0 aromatic heterocycles. The summed E-state index contributed by atoms with van der Waals surface area (Å²) >= 11 is 1.16. The highest BCUT2D eigenvalue weighted by Gasteiger charge is 2.17. The van der Waals surface area contributed by atoms with Crippen molar-refractivity contribution in [3.8, 4) is 11.5 Å². The summed E-state index contributed by atoms with van der Waals surface area (Å²) in [5.74, 6) is 0.376. The Balaban J connectivity index is 1.79. The van der Waals surface area contributed by atoms with Crippen LogP contribution in [0.15, 0.2) is 53.4 Å². The zero-order chi connectivity index (χ0) is 19.6. The minimum absolute atomic E-state index is 0.222. The number of aliphatic carboxylic acids is 1. The van der Waals surface area contributed by atoms with Crippen LogP contribution in [0.3, 0.4) is 0 Å². The molecule has 0 saturated carbocycles. The van der Waals surface area contributed by atoms with E-state index in [9.17, 15) is 9.59 Å². The third-order valence-electron chi connectivity index (χ3n) is 3.72. The number of carboxylic acid groups (broad SMARTS) is 1. The number of rotatable bonds is 10. The average Bonchev–Trinajstić information content (AvgIpc) is 2.68. The topological polar surface area (TPSA) is 84.9 Å². The minimum atomic E-state index is -0.911. The molecular formula is C20H23NO5S. The van der Waals surface area contributed by atoms with Gasteiger partial charge in [-0.2, -0.15) is 0 Å². The Kier molecular flexibility index (Phi) is 8.00. The number of amides is 1. The molecule has 2 N–H and O–H groups in total. The summed E-state index contributed by atoms with van der Waals surface area (Å²) in [6.07, 6.45) is 0.651. The van der Waals surface area contributed by atoms with Crippen LogP contribution in [0.5, 0.6) is 11.5 Å². The third kappa shape index (κ3) is 6.53. The fourth-order valence-electron chi connectivity index (χ4n) is 2.23. The van der Waals surface area contributed by atoms with Gasteiger partial charge in [-0.05, 0) is 49.7 Å². The molecule has 0 aliphatic carbocycles. The van der Waals surface area contributed by atoms with Crippen LogP contribution >= 0.6 is 11.8 Å². The Morgan fingerprint density at radius 3 is 2.44 bits per heavy atom. The van der Waals surface area contributed by atoms with Crippen LogP contribution < -0.4 is 14.8 Å². The minimum Gasteiger partial charge on any atom is -0.497 e. The van der Waals surface area contributed by atoms with Gasteiger partial charge in [0.2, 0.25) is 0 Å². The zero-order valence-corrected chi connectivity index (χ0v) is 16.1. The normalized spacial score (nSPS) is 11.5. The molecule has 0 saturated heterocycles. The second-order valence-electron chi connectivity index (χ2n) is 5.73. The second kappa shape index (κ2) is 10.5. The summed E-state index contributed by atoms with van der Waals surface area (Å²) in [4.78, 5) is 24.1. The van der Waals surface area contributed by atoms with E-state index in [0.29, 0.717) is 30.0 Å². The number of carbonyl (C=O) groups is 2. The van der Waals surface area contributed by atoms with Crippen molar-refractivity contribution in [2.24, 2.45) is 0 Å². The largest absolute Gasteiger partial charge is 0.497 e. The quantitative estimate of drug-likeness (QED) is 0.478. The molecule has 0 heterocycles. The number of benzene rings is 2. The number of nitrogens with one attached hydrogen (secondary N) is 1. The number of thioether (sulfide) groups is 1. The summed E-state index contributed by atoms with van der Waals surface area (Å²) in [7, 11) is 1.61. The molecule has 27 heavy (non-hydrogen) atoms. The van der Waals surface area contributed by atoms with Crippen molar-refractivity contribution in [2.45, 2.75) is 23.5 Å². The van der Waals surface area contributed by atoms with E-state index in [-0.39, 0.29) is 5.91 Å². The van der Waals surface area contributed by atoms with Crippen molar-refractivity contribution < 1.29 is 24.2 Å². The van der Waals surface area contributed by atoms with Crippen molar-refractivity contribution in [2.75, 3.05) is 20.3 Å². The fraction of sp³-hybridized carbons (Fsp3) is 0.300. The highest BCUT2D eigenvalue weighted by Crippen LogP contribution is 2.27. The maximum Gasteiger partial charge on any atom is 0.316 e. The van der Waals surface area contributed by atoms with Crippen LogP contribution in [-0.2, 0) is 4.79 Å². The number of methoxy groups -OCH3 is 1. The molecule has 6 nitrogen and oxygen atoms in total. The SMILES string of the molecule is COc1ccc(OCCCNC(=O)c2ccccc2SC(C)C(=O)O)cc1. The summed E-state index contributed by atoms with van der Waals surface area (Å²) in [6.45, 7) is 2.53. The molecule has 2 aromatic rings. The van der Waals surface area contributed by atoms with Gasteiger partial charge in [0.15, 0.2) is 0 Å². The molecule has 0 fully saturated rings. The number of carboxylic acids is 1. The highest BCUT2D eigenvalue weighted by molar-refractivity contribution is 8.00. The second-order valence-corrected chi connectivity index (χ2v) is 7.11. The number of ether oxygens (including phenoxy) is 2. The predicted molar refractivity (Wildman–Crippen MR) is 105 cm³/mol. The van der Waals surface area contributed by atoms with Crippen molar-refractivity contribution >= 4 is 23.6 Å². The van der Waals surface area contributed by atoms with Crippen LogP contribution in [0.4, 0.5) is 0 Å². The molecule has 2 aromatic carbocycles. The number of hydrogen-bond donors (Lipinski definition) is 2. The van der Waals surface area contributed by atoms with Gasteiger partial charge in [0.1, 0.15) is 16.7 Å². The van der Waals surface area contributed by atoms with Crippen molar-refractivity contribution in [3.63, 3.8) is 0 Å². The maximum atomic E-state index is 12.4. The molecule has 2 rings (SSSR count). The van der Waals surface area contributed by atoms with E-state index in [0.717, 1.165) is 23.3 Å². The summed E-state index contributed by atoms with van der Waals surface area (Å²) in [6, 6.07) is 14.3. The van der Waals surface area contributed by atoms with Gasteiger partial charge >= 0.3 is 5.97 Å². The van der Waals surface area contributed by atoms with Crippen LogP contribution in [0.2, 0.25) is 0 Å². The molecule has 7 heteroatoms. The lowest BCUT2D eigenvalue weighted by atomic mass is 10.2. The van der Waals surface area contributed by atoms with Crippen molar-refractivity contribution in [1.82, 2.24) is 5.32 Å². The van der Waals surface area contributed by atoms with Crippen molar-refractivity contribution in [1.29, 1.82) is 0 Å². The Hall–Kier alpha value is -2.67. The first kappa shape index (κ1) is 20.6. The van der Waals surface area contributed by atoms with E-state index < -0.39 is 11.2 Å². The molecule has 1 amide bonds. The third-order valence-corrected chi connectivity index (χ3v) is 4.88. The smallest absolute Gasteiger partial charge is 0.316 e. The molecule has 1 unspecified atom stereocenters. The van der Waals surface area contributed by atoms with Gasteiger partial charge in [0.25, 0.3) is 5.91 Å². The number of hydrogen-bond acceptors (Lipinski definition) is 5. The lowest BCUT2D eigenvalue weighted by molar-refractivity contribution is -0.136. The highest BCUT2D eigenvalue weighted by atomic mass is 32.2. The van der Waals surface area contributed by atoms with Crippen LogP contribution in [0, 0.1) is 0 Å². The van der Waals surface area contributed by atoms with E-state index in [2.05, 4.69) is 5.32 Å². The first-order valence-electron chi connectivity index (χ1n) is 8.55. The van der Waals surface area contributed by atoms with E-state index >= 15 is 0 Å². The zero-order valence-electron chi connectivity index (χ0n) is 15.3. The van der Waals surface area contributed by atoms with Crippen LogP contribution in [0.25, 0.3) is 0 Å². The lowest BCUT2D eigenvalue weighted by Crippen LogP contribution is -2.26. The van der Waals surface area contributed by atoms with Crippen molar-refractivity contribution in [3.05, 3.63) is 54.1 Å².